The van der Waals surface area contributed by atoms with Crippen LogP contribution >= 0.6 is 34.5 Å². The molecule has 41 heavy (non-hydrogen) atoms. The number of primary sulfonamides is 1. The summed E-state index contributed by atoms with van der Waals surface area (Å²) < 4.78 is 60.4. The minimum atomic E-state index is -4.44. The summed E-state index contributed by atoms with van der Waals surface area (Å²) in [5.74, 6) is 0.466. The monoisotopic (exact) mass is 657 g/mol. The summed E-state index contributed by atoms with van der Waals surface area (Å²) in [6, 6.07) is 14.2. The molecule has 0 aliphatic carbocycles. The Hall–Kier alpha value is -2.45. The van der Waals surface area contributed by atoms with E-state index in [1.54, 1.807) is 25.5 Å². The zero-order valence-electron chi connectivity index (χ0n) is 22.7. The Bertz CT molecular complexity index is 1780. The van der Waals surface area contributed by atoms with Crippen LogP contribution in [0.25, 0.3) is 10.8 Å². The van der Waals surface area contributed by atoms with E-state index in [9.17, 15) is 16.8 Å². The van der Waals surface area contributed by atoms with Crippen LogP contribution in [0.3, 0.4) is 0 Å². The van der Waals surface area contributed by atoms with E-state index in [4.69, 9.17) is 38.1 Å². The normalized spacial score (nSPS) is 12.5. The number of nitrogens with zero attached hydrogens (tertiary/aromatic N) is 2. The maximum Gasteiger partial charge on any atom is 0.271 e. The van der Waals surface area contributed by atoms with Gasteiger partial charge in [0.15, 0.2) is 10.6 Å². The van der Waals surface area contributed by atoms with Gasteiger partial charge >= 0.3 is 0 Å². The van der Waals surface area contributed by atoms with E-state index in [1.807, 2.05) is 24.3 Å². The Labute approximate surface area is 254 Å². The summed E-state index contributed by atoms with van der Waals surface area (Å²) in [5.41, 5.74) is 0.882. The summed E-state index contributed by atoms with van der Waals surface area (Å²) in [7, 11) is -5.11. The topological polar surface area (TPSA) is 128 Å². The highest BCUT2D eigenvalue weighted by atomic mass is 35.5. The van der Waals surface area contributed by atoms with Gasteiger partial charge < -0.3 is 4.74 Å². The minimum absolute atomic E-state index is 0.0279. The van der Waals surface area contributed by atoms with Crippen molar-refractivity contribution in [3.05, 3.63) is 69.7 Å². The molecule has 2 aromatic heterocycles. The second kappa shape index (κ2) is 12.4. The number of pyridine rings is 1. The van der Waals surface area contributed by atoms with Gasteiger partial charge in [0.25, 0.3) is 10.0 Å². The Morgan fingerprint density at radius 1 is 1.07 bits per heavy atom. The number of rotatable bonds is 12. The molecule has 0 bridgehead atoms. The average Bonchev–Trinajstić information content (AvgIpc) is 3.44. The first kappa shape index (κ1) is 31.5. The molecule has 0 saturated heterocycles. The molecule has 2 heterocycles. The molecule has 0 aliphatic heterocycles. The third-order valence-electron chi connectivity index (χ3n) is 6.48. The van der Waals surface area contributed by atoms with E-state index in [2.05, 4.69) is 17.7 Å². The predicted molar refractivity (Wildman–Crippen MR) is 167 cm³/mol. The molecular weight excluding hydrogens is 627 g/mol. The minimum Gasteiger partial charge on any atom is -0.471 e. The molecule has 0 amide bonds. The first-order valence-corrected chi connectivity index (χ1v) is 17.4. The summed E-state index contributed by atoms with van der Waals surface area (Å²) in [4.78, 5) is 4.27. The number of anilines is 1. The molecule has 0 atom stereocenters. The van der Waals surface area contributed by atoms with Crippen LogP contribution in [-0.2, 0) is 26.5 Å². The fraction of sp³-hybridized carbons (Fsp3) is 0.296. The fourth-order valence-electron chi connectivity index (χ4n) is 4.44. The van der Waals surface area contributed by atoms with Gasteiger partial charge in [-0.3, -0.25) is 9.21 Å². The molecule has 0 radical (unpaired) electrons. The number of nitrogens with two attached hydrogens (primary N) is 1. The average molecular weight is 659 g/mol. The van der Waals surface area contributed by atoms with E-state index < -0.39 is 24.9 Å². The number of thiophene rings is 1. The van der Waals surface area contributed by atoms with Crippen molar-refractivity contribution in [2.45, 2.75) is 35.3 Å². The molecule has 2 aromatic carbocycles. The lowest BCUT2D eigenvalue weighted by Crippen LogP contribution is -2.45. The lowest BCUT2D eigenvalue weighted by atomic mass is 10.1. The molecule has 4 rings (SSSR count). The number of sulfonamides is 2. The van der Waals surface area contributed by atoms with Gasteiger partial charge in [0.2, 0.25) is 15.9 Å². The number of quaternary nitrogens is 1. The largest absolute Gasteiger partial charge is 0.471 e. The second-order valence-electron chi connectivity index (χ2n) is 9.98. The van der Waals surface area contributed by atoms with Crippen molar-refractivity contribution in [1.29, 1.82) is 0 Å². The molecule has 0 fully saturated rings. The summed E-state index contributed by atoms with van der Waals surface area (Å²) in [5, 5.41) is 8.60. The molecule has 0 saturated carbocycles. The van der Waals surface area contributed by atoms with Gasteiger partial charge in [-0.15, -0.1) is 11.3 Å². The SMILES string of the molecule is CCCCc1cc2ccccc2c(OCC[N+](C)(C)c2c(NS(=O)(=O)c3cccs3)cc(Cl)c(Cl)c2S(N)(=O)=O)n1. The van der Waals surface area contributed by atoms with Crippen LogP contribution in [0, 0.1) is 0 Å². The van der Waals surface area contributed by atoms with E-state index in [0.29, 0.717) is 5.88 Å². The van der Waals surface area contributed by atoms with Crippen LogP contribution in [0.5, 0.6) is 5.88 Å². The van der Waals surface area contributed by atoms with Crippen LogP contribution < -0.4 is 19.1 Å². The highest BCUT2D eigenvalue weighted by Crippen LogP contribution is 2.45. The van der Waals surface area contributed by atoms with Gasteiger partial charge in [-0.2, -0.15) is 0 Å². The Balaban J connectivity index is 1.73. The molecule has 220 valence electrons. The van der Waals surface area contributed by atoms with Crippen molar-refractivity contribution in [2.24, 2.45) is 5.14 Å². The van der Waals surface area contributed by atoms with Crippen LogP contribution in [0.15, 0.2) is 63.0 Å². The number of ether oxygens (including phenoxy) is 1. The molecule has 4 aromatic rings. The Morgan fingerprint density at radius 2 is 1.80 bits per heavy atom. The molecule has 3 N–H and O–H groups in total. The van der Waals surface area contributed by atoms with Gasteiger partial charge in [-0.1, -0.05) is 60.8 Å². The maximum atomic E-state index is 13.1. The summed E-state index contributed by atoms with van der Waals surface area (Å²) in [6.07, 6.45) is 2.84. The smallest absolute Gasteiger partial charge is 0.271 e. The van der Waals surface area contributed by atoms with Crippen molar-refractivity contribution in [1.82, 2.24) is 9.47 Å². The first-order chi connectivity index (χ1) is 19.2. The van der Waals surface area contributed by atoms with Crippen molar-refractivity contribution >= 4 is 76.7 Å². The highest BCUT2D eigenvalue weighted by Gasteiger charge is 2.37. The third kappa shape index (κ3) is 7.14. The lowest BCUT2D eigenvalue weighted by molar-refractivity contribution is 0.254. The highest BCUT2D eigenvalue weighted by molar-refractivity contribution is 7.94. The number of likely N-dealkylation sites (N-methyl/N-ethyl adjacent to an activating group) is 1. The third-order valence-corrected chi connectivity index (χ3v) is 11.1. The van der Waals surface area contributed by atoms with Crippen LogP contribution in [0.2, 0.25) is 10.0 Å². The number of hydrogen-bond acceptors (Lipinski definition) is 7. The number of nitrogens with one attached hydrogen (secondary N) is 1. The number of unbranched alkanes of at least 4 members (excludes halogenated alkanes) is 1. The number of hydrogen-bond donors (Lipinski definition) is 2. The number of aryl methyl sites for hydroxylation is 1. The molecular formula is C27H31Cl2N4O5S3+. The second-order valence-corrected chi connectivity index (χ2v) is 15.1. The van der Waals surface area contributed by atoms with E-state index in [-0.39, 0.29) is 43.3 Å². The van der Waals surface area contributed by atoms with Gasteiger partial charge in [0.05, 0.1) is 24.1 Å². The number of halogens is 2. The van der Waals surface area contributed by atoms with Gasteiger partial charge in [-0.05, 0) is 47.9 Å². The standard InChI is InChI=1S/C27H31Cl2N4O5S3/c1-4-5-10-19-16-18-9-6-7-11-20(18)27(31-19)38-14-13-33(2,3)25-22(32-41(36,37)23-12-8-15-39-23)17-21(28)24(29)26(25)40(30,34)35/h6-9,11-12,15-17,32H,4-5,10,13-14H2,1-3H3,(H2,30,34,35)/q+1. The lowest BCUT2D eigenvalue weighted by Gasteiger charge is -2.33. The van der Waals surface area contributed by atoms with Crippen LogP contribution in [0.4, 0.5) is 11.4 Å². The molecule has 0 spiro atoms. The fourth-order valence-corrected chi connectivity index (χ4v) is 8.20. The summed E-state index contributed by atoms with van der Waals surface area (Å²) in [6.45, 7) is 2.43. The van der Waals surface area contributed by atoms with E-state index >= 15 is 0 Å². The Morgan fingerprint density at radius 3 is 2.46 bits per heavy atom. The van der Waals surface area contributed by atoms with Gasteiger partial charge in [-0.25, -0.2) is 27.0 Å². The maximum absolute atomic E-state index is 13.1. The van der Waals surface area contributed by atoms with Crippen molar-refractivity contribution in [2.75, 3.05) is 32.0 Å². The van der Waals surface area contributed by atoms with Crippen LogP contribution in [0.1, 0.15) is 25.5 Å². The van der Waals surface area contributed by atoms with E-state index in [1.165, 1.54) is 12.1 Å². The molecule has 0 aliphatic rings. The van der Waals surface area contributed by atoms with Gasteiger partial charge in [0, 0.05) is 11.1 Å². The molecule has 0 unspecified atom stereocenters. The predicted octanol–water partition coefficient (Wildman–Crippen LogP) is 6.04. The van der Waals surface area contributed by atoms with Crippen molar-refractivity contribution in [3.63, 3.8) is 0 Å². The Kier molecular flexibility index (Phi) is 9.54. The zero-order chi connectivity index (χ0) is 30.0. The van der Waals surface area contributed by atoms with Gasteiger partial charge in [0.1, 0.15) is 23.0 Å². The number of fused-ring (bicyclic) bond motifs is 1. The van der Waals surface area contributed by atoms with Crippen molar-refractivity contribution in [3.8, 4) is 5.88 Å². The number of aromatic nitrogens is 1. The summed E-state index contributed by atoms with van der Waals surface area (Å²) >= 11 is 13.6. The number of benzene rings is 2. The van der Waals surface area contributed by atoms with Crippen LogP contribution in [-0.4, -0.2) is 49.1 Å². The van der Waals surface area contributed by atoms with E-state index in [0.717, 1.165) is 47.1 Å². The molecule has 9 nitrogen and oxygen atoms in total. The van der Waals surface area contributed by atoms with Crippen molar-refractivity contribution < 1.29 is 21.6 Å². The first-order valence-electron chi connectivity index (χ1n) is 12.7. The zero-order valence-corrected chi connectivity index (χ0v) is 26.7. The molecule has 14 heteroatoms. The quantitative estimate of drug-likeness (QED) is 0.179.